The number of carbonyl (C=O) groups excluding carboxylic acids is 2. The SMILES string of the molecule is COc1ccc(C(C)C(=O)N(CC(=O)Nc2nc(-c3ccccc3)cn2-c2ccccc2)C(C)C)cc1. The van der Waals surface area contributed by atoms with E-state index in [1.807, 2.05) is 116 Å². The summed E-state index contributed by atoms with van der Waals surface area (Å²) >= 11 is 0. The quantitative estimate of drug-likeness (QED) is 0.331. The van der Waals surface area contributed by atoms with Gasteiger partial charge in [0.25, 0.3) is 0 Å². The van der Waals surface area contributed by atoms with E-state index in [4.69, 9.17) is 9.72 Å². The molecule has 0 saturated carbocycles. The molecular weight excluding hydrogens is 464 g/mol. The van der Waals surface area contributed by atoms with E-state index >= 15 is 0 Å². The smallest absolute Gasteiger partial charge is 0.246 e. The third kappa shape index (κ3) is 6.06. The highest BCUT2D eigenvalue weighted by molar-refractivity contribution is 5.95. The standard InChI is InChI=1S/C30H32N4O3/c1-21(2)33(29(36)22(3)23-15-17-26(37-4)18-16-23)20-28(35)32-30-31-27(24-11-7-5-8-12-24)19-34(30)25-13-9-6-10-14-25/h5-19,21-22H,20H2,1-4H3,(H,31,32,35). The topological polar surface area (TPSA) is 76.5 Å². The normalized spacial score (nSPS) is 11.7. The molecule has 1 atom stereocenters. The largest absolute Gasteiger partial charge is 0.497 e. The van der Waals surface area contributed by atoms with Crippen molar-refractivity contribution < 1.29 is 14.3 Å². The molecule has 0 bridgehead atoms. The molecule has 0 fully saturated rings. The van der Waals surface area contributed by atoms with Crippen LogP contribution >= 0.6 is 0 Å². The Hall–Kier alpha value is -4.39. The van der Waals surface area contributed by atoms with E-state index in [0.717, 1.165) is 28.3 Å². The third-order valence-electron chi connectivity index (χ3n) is 6.27. The van der Waals surface area contributed by atoms with Crippen molar-refractivity contribution >= 4 is 17.8 Å². The maximum Gasteiger partial charge on any atom is 0.246 e. The first-order valence-corrected chi connectivity index (χ1v) is 12.3. The van der Waals surface area contributed by atoms with Crippen LogP contribution in [0.1, 0.15) is 32.3 Å². The maximum absolute atomic E-state index is 13.4. The molecule has 190 valence electrons. The molecular formula is C30H32N4O3. The van der Waals surface area contributed by atoms with Crippen molar-refractivity contribution in [2.45, 2.75) is 32.7 Å². The van der Waals surface area contributed by atoms with Gasteiger partial charge in [-0.3, -0.25) is 19.5 Å². The molecule has 3 aromatic carbocycles. The Balaban J connectivity index is 1.55. The number of amides is 2. The van der Waals surface area contributed by atoms with Gasteiger partial charge in [-0.2, -0.15) is 0 Å². The molecule has 4 rings (SSSR count). The minimum absolute atomic E-state index is 0.0840. The fourth-order valence-electron chi connectivity index (χ4n) is 4.12. The first-order chi connectivity index (χ1) is 17.9. The second-order valence-electron chi connectivity index (χ2n) is 9.12. The van der Waals surface area contributed by atoms with E-state index in [2.05, 4.69) is 5.32 Å². The molecule has 0 aliphatic heterocycles. The number of ether oxygens (including phenoxy) is 1. The van der Waals surface area contributed by atoms with E-state index in [1.165, 1.54) is 0 Å². The Bertz CT molecular complexity index is 1330. The second-order valence-corrected chi connectivity index (χ2v) is 9.12. The summed E-state index contributed by atoms with van der Waals surface area (Å²) in [5.41, 5.74) is 3.42. The van der Waals surface area contributed by atoms with Crippen LogP contribution in [-0.4, -0.2) is 46.0 Å². The minimum Gasteiger partial charge on any atom is -0.497 e. The summed E-state index contributed by atoms with van der Waals surface area (Å²) in [7, 11) is 1.61. The van der Waals surface area contributed by atoms with Gasteiger partial charge in [-0.15, -0.1) is 0 Å². The van der Waals surface area contributed by atoms with E-state index in [9.17, 15) is 9.59 Å². The molecule has 1 aromatic heterocycles. The number of imidazole rings is 1. The van der Waals surface area contributed by atoms with Crippen molar-refractivity contribution in [2.75, 3.05) is 19.0 Å². The molecule has 4 aromatic rings. The number of anilines is 1. The molecule has 7 heteroatoms. The van der Waals surface area contributed by atoms with Gasteiger partial charge in [-0.05, 0) is 50.6 Å². The Morgan fingerprint density at radius 2 is 1.54 bits per heavy atom. The lowest BCUT2D eigenvalue weighted by Crippen LogP contribution is -2.44. The second kappa shape index (κ2) is 11.6. The maximum atomic E-state index is 13.4. The van der Waals surface area contributed by atoms with Crippen LogP contribution in [0.3, 0.4) is 0 Å². The Labute approximate surface area is 217 Å². The number of rotatable bonds is 9. The Morgan fingerprint density at radius 3 is 2.14 bits per heavy atom. The van der Waals surface area contributed by atoms with Gasteiger partial charge in [0.1, 0.15) is 12.3 Å². The van der Waals surface area contributed by atoms with Gasteiger partial charge in [-0.1, -0.05) is 60.7 Å². The number of para-hydroxylation sites is 1. The highest BCUT2D eigenvalue weighted by Crippen LogP contribution is 2.25. The summed E-state index contributed by atoms with van der Waals surface area (Å²) in [4.78, 5) is 32.9. The fourth-order valence-corrected chi connectivity index (χ4v) is 4.12. The van der Waals surface area contributed by atoms with Crippen LogP contribution in [0, 0.1) is 0 Å². The van der Waals surface area contributed by atoms with E-state index in [1.54, 1.807) is 12.0 Å². The Morgan fingerprint density at radius 1 is 0.919 bits per heavy atom. The minimum atomic E-state index is -0.405. The fraction of sp³-hybridized carbons (Fsp3) is 0.233. The Kier molecular flexibility index (Phi) is 8.03. The molecule has 0 saturated heterocycles. The summed E-state index contributed by atoms with van der Waals surface area (Å²) < 4.78 is 7.07. The van der Waals surface area contributed by atoms with Crippen LogP contribution in [-0.2, 0) is 9.59 Å². The summed E-state index contributed by atoms with van der Waals surface area (Å²) in [5.74, 6) is 0.289. The number of aromatic nitrogens is 2. The predicted octanol–water partition coefficient (Wildman–Crippen LogP) is 5.53. The molecule has 0 radical (unpaired) electrons. The number of nitrogens with zero attached hydrogens (tertiary/aromatic N) is 3. The van der Waals surface area contributed by atoms with E-state index in [0.29, 0.717) is 5.95 Å². The molecule has 0 aliphatic carbocycles. The summed E-state index contributed by atoms with van der Waals surface area (Å²) in [6, 6.07) is 26.8. The lowest BCUT2D eigenvalue weighted by Gasteiger charge is -2.29. The highest BCUT2D eigenvalue weighted by Gasteiger charge is 2.26. The molecule has 7 nitrogen and oxygen atoms in total. The lowest BCUT2D eigenvalue weighted by atomic mass is 9.99. The molecule has 1 heterocycles. The first-order valence-electron chi connectivity index (χ1n) is 12.3. The molecule has 0 aliphatic rings. The van der Waals surface area contributed by atoms with Crippen molar-refractivity contribution in [1.82, 2.24) is 14.5 Å². The molecule has 0 spiro atoms. The average molecular weight is 497 g/mol. The van der Waals surface area contributed by atoms with Gasteiger partial charge < -0.3 is 9.64 Å². The number of benzene rings is 3. The van der Waals surface area contributed by atoms with Gasteiger partial charge in [-0.25, -0.2) is 4.98 Å². The molecule has 1 N–H and O–H groups in total. The van der Waals surface area contributed by atoms with Crippen LogP contribution in [0.15, 0.2) is 91.1 Å². The number of methoxy groups -OCH3 is 1. The van der Waals surface area contributed by atoms with Crippen LogP contribution < -0.4 is 10.1 Å². The number of nitrogens with one attached hydrogen (secondary N) is 1. The van der Waals surface area contributed by atoms with Crippen LogP contribution in [0.5, 0.6) is 5.75 Å². The zero-order chi connectivity index (χ0) is 26.4. The van der Waals surface area contributed by atoms with Gasteiger partial charge in [0, 0.05) is 23.5 Å². The zero-order valence-corrected chi connectivity index (χ0v) is 21.6. The van der Waals surface area contributed by atoms with Crippen molar-refractivity contribution in [3.8, 4) is 22.7 Å². The third-order valence-corrected chi connectivity index (χ3v) is 6.27. The van der Waals surface area contributed by atoms with Crippen LogP contribution in [0.25, 0.3) is 16.9 Å². The number of hydrogen-bond donors (Lipinski definition) is 1. The van der Waals surface area contributed by atoms with Gasteiger partial charge in [0.15, 0.2) is 0 Å². The molecule has 2 amide bonds. The lowest BCUT2D eigenvalue weighted by molar-refractivity contribution is -0.137. The number of hydrogen-bond acceptors (Lipinski definition) is 4. The average Bonchev–Trinajstić information content (AvgIpc) is 3.35. The van der Waals surface area contributed by atoms with E-state index < -0.39 is 5.92 Å². The van der Waals surface area contributed by atoms with E-state index in [-0.39, 0.29) is 24.4 Å². The van der Waals surface area contributed by atoms with Crippen molar-refractivity contribution in [1.29, 1.82) is 0 Å². The monoisotopic (exact) mass is 496 g/mol. The van der Waals surface area contributed by atoms with Gasteiger partial charge >= 0.3 is 0 Å². The number of carbonyl (C=O) groups is 2. The summed E-state index contributed by atoms with van der Waals surface area (Å²) in [6.07, 6.45) is 1.90. The van der Waals surface area contributed by atoms with Crippen LogP contribution in [0.4, 0.5) is 5.95 Å². The van der Waals surface area contributed by atoms with Crippen LogP contribution in [0.2, 0.25) is 0 Å². The predicted molar refractivity (Wildman–Crippen MR) is 146 cm³/mol. The zero-order valence-electron chi connectivity index (χ0n) is 21.6. The van der Waals surface area contributed by atoms with Crippen molar-refractivity contribution in [3.63, 3.8) is 0 Å². The summed E-state index contributed by atoms with van der Waals surface area (Å²) in [6.45, 7) is 5.58. The molecule has 1 unspecified atom stereocenters. The van der Waals surface area contributed by atoms with Gasteiger partial charge in [0.2, 0.25) is 17.8 Å². The highest BCUT2D eigenvalue weighted by atomic mass is 16.5. The van der Waals surface area contributed by atoms with Gasteiger partial charge in [0.05, 0.1) is 18.7 Å². The summed E-state index contributed by atoms with van der Waals surface area (Å²) in [5, 5.41) is 2.94. The molecule has 37 heavy (non-hydrogen) atoms. The first kappa shape index (κ1) is 25.7. The van der Waals surface area contributed by atoms with Crippen molar-refractivity contribution in [3.05, 3.63) is 96.7 Å². The van der Waals surface area contributed by atoms with Crippen molar-refractivity contribution in [2.24, 2.45) is 0 Å².